The van der Waals surface area contributed by atoms with Gasteiger partial charge in [-0.2, -0.15) is 11.8 Å². The summed E-state index contributed by atoms with van der Waals surface area (Å²) in [4.78, 5) is 13.7. The molecule has 2 atom stereocenters. The summed E-state index contributed by atoms with van der Waals surface area (Å²) in [7, 11) is -1.42. The zero-order chi connectivity index (χ0) is 13.1. The highest BCUT2D eigenvalue weighted by Crippen LogP contribution is 2.22. The molecule has 1 aliphatic rings. The molecule has 1 N–H and O–H groups in total. The molecule has 0 aromatic heterocycles. The van der Waals surface area contributed by atoms with E-state index >= 15 is 0 Å². The van der Waals surface area contributed by atoms with Gasteiger partial charge >= 0.3 is 0 Å². The van der Waals surface area contributed by atoms with Crippen LogP contribution in [0.2, 0.25) is 0 Å². The summed E-state index contributed by atoms with van der Waals surface area (Å²) in [6, 6.07) is 0. The van der Waals surface area contributed by atoms with Crippen LogP contribution in [0.3, 0.4) is 0 Å². The molecular formula is C10H20N2O3S2. The lowest BCUT2D eigenvalue weighted by atomic mass is 10.1. The Labute approximate surface area is 107 Å². The minimum absolute atomic E-state index is 0.0740. The third kappa shape index (κ3) is 3.86. The molecule has 17 heavy (non-hydrogen) atoms. The van der Waals surface area contributed by atoms with Crippen molar-refractivity contribution in [3.8, 4) is 0 Å². The SMILES string of the molecule is CNCC(C)C(=O)N1CCSCC1S(C)(=O)=O. The summed E-state index contributed by atoms with van der Waals surface area (Å²) < 4.78 is 23.3. The second-order valence-corrected chi connectivity index (χ2v) is 7.70. The second-order valence-electron chi connectivity index (χ2n) is 4.35. The number of hydrogen-bond acceptors (Lipinski definition) is 5. The van der Waals surface area contributed by atoms with Crippen LogP contribution in [0.1, 0.15) is 6.92 Å². The lowest BCUT2D eigenvalue weighted by molar-refractivity contribution is -0.135. The third-order valence-corrected chi connectivity index (χ3v) is 5.44. The molecule has 1 saturated heterocycles. The first-order valence-corrected chi connectivity index (χ1v) is 8.70. The highest BCUT2D eigenvalue weighted by Gasteiger charge is 2.35. The molecule has 0 aromatic rings. The van der Waals surface area contributed by atoms with Crippen molar-refractivity contribution in [3.63, 3.8) is 0 Å². The van der Waals surface area contributed by atoms with Crippen LogP contribution in [-0.4, -0.2) is 62.5 Å². The van der Waals surface area contributed by atoms with E-state index in [1.54, 1.807) is 18.8 Å². The van der Waals surface area contributed by atoms with Gasteiger partial charge in [0, 0.05) is 36.8 Å². The van der Waals surface area contributed by atoms with Crippen LogP contribution in [0.25, 0.3) is 0 Å². The number of nitrogens with one attached hydrogen (secondary N) is 1. The van der Waals surface area contributed by atoms with Crippen LogP contribution in [-0.2, 0) is 14.6 Å². The summed E-state index contributed by atoms with van der Waals surface area (Å²) in [6.45, 7) is 2.91. The number of sulfone groups is 1. The molecule has 0 bridgehead atoms. The number of carbonyl (C=O) groups excluding carboxylic acids is 1. The van der Waals surface area contributed by atoms with Crippen molar-refractivity contribution in [3.05, 3.63) is 0 Å². The maximum Gasteiger partial charge on any atom is 0.227 e. The van der Waals surface area contributed by atoms with E-state index in [4.69, 9.17) is 0 Å². The summed E-state index contributed by atoms with van der Waals surface area (Å²) >= 11 is 1.59. The van der Waals surface area contributed by atoms with Gasteiger partial charge in [-0.15, -0.1) is 0 Å². The van der Waals surface area contributed by atoms with E-state index < -0.39 is 15.2 Å². The van der Waals surface area contributed by atoms with Gasteiger partial charge < -0.3 is 10.2 Å². The average molecular weight is 280 g/mol. The molecule has 0 aliphatic carbocycles. The minimum atomic E-state index is -3.20. The van der Waals surface area contributed by atoms with Gasteiger partial charge in [0.15, 0.2) is 9.84 Å². The van der Waals surface area contributed by atoms with Gasteiger partial charge in [-0.1, -0.05) is 6.92 Å². The van der Waals surface area contributed by atoms with Crippen molar-refractivity contribution in [2.75, 3.05) is 37.9 Å². The first-order valence-electron chi connectivity index (χ1n) is 5.59. The van der Waals surface area contributed by atoms with Gasteiger partial charge in [0.1, 0.15) is 5.37 Å². The summed E-state index contributed by atoms with van der Waals surface area (Å²) in [5.74, 6) is 1.03. The van der Waals surface area contributed by atoms with Crippen molar-refractivity contribution in [2.24, 2.45) is 5.92 Å². The Morgan fingerprint density at radius 1 is 1.59 bits per heavy atom. The lowest BCUT2D eigenvalue weighted by Crippen LogP contribution is -2.52. The number of rotatable bonds is 4. The molecule has 2 unspecified atom stereocenters. The summed E-state index contributed by atoms with van der Waals surface area (Å²) in [6.07, 6.45) is 1.20. The van der Waals surface area contributed by atoms with E-state index in [0.717, 1.165) is 5.75 Å². The monoisotopic (exact) mass is 280 g/mol. The molecule has 0 saturated carbocycles. The number of amides is 1. The van der Waals surface area contributed by atoms with Crippen molar-refractivity contribution in [1.82, 2.24) is 10.2 Å². The van der Waals surface area contributed by atoms with Crippen LogP contribution >= 0.6 is 11.8 Å². The van der Waals surface area contributed by atoms with Crippen molar-refractivity contribution >= 4 is 27.5 Å². The van der Waals surface area contributed by atoms with Crippen LogP contribution in [0, 0.1) is 5.92 Å². The molecule has 0 aromatic carbocycles. The zero-order valence-corrected chi connectivity index (χ0v) is 12.1. The summed E-state index contributed by atoms with van der Waals surface area (Å²) in [5.41, 5.74) is 0. The van der Waals surface area contributed by atoms with E-state index in [-0.39, 0.29) is 11.8 Å². The molecule has 1 amide bonds. The Morgan fingerprint density at radius 3 is 2.76 bits per heavy atom. The molecule has 0 spiro atoms. The maximum atomic E-state index is 12.2. The second kappa shape index (κ2) is 6.06. The topological polar surface area (TPSA) is 66.5 Å². The summed E-state index contributed by atoms with van der Waals surface area (Å²) in [5, 5.41) is 2.28. The number of thioether (sulfide) groups is 1. The highest BCUT2D eigenvalue weighted by atomic mass is 32.2. The quantitative estimate of drug-likeness (QED) is 0.772. The average Bonchev–Trinajstić information content (AvgIpc) is 2.27. The highest BCUT2D eigenvalue weighted by molar-refractivity contribution is 8.00. The Kier molecular flexibility index (Phi) is 5.27. The van der Waals surface area contributed by atoms with Gasteiger partial charge in [0.25, 0.3) is 0 Å². The third-order valence-electron chi connectivity index (χ3n) is 2.79. The lowest BCUT2D eigenvalue weighted by Gasteiger charge is -2.35. The largest absolute Gasteiger partial charge is 0.324 e. The molecule has 100 valence electrons. The first-order chi connectivity index (χ1) is 7.88. The van der Waals surface area contributed by atoms with Crippen LogP contribution in [0.15, 0.2) is 0 Å². The molecule has 1 heterocycles. The Hall–Kier alpha value is -0.270. The van der Waals surface area contributed by atoms with E-state index in [0.29, 0.717) is 18.8 Å². The van der Waals surface area contributed by atoms with Crippen molar-refractivity contribution in [2.45, 2.75) is 12.3 Å². The van der Waals surface area contributed by atoms with Crippen molar-refractivity contribution in [1.29, 1.82) is 0 Å². The van der Waals surface area contributed by atoms with Gasteiger partial charge in [-0.25, -0.2) is 8.42 Å². The normalized spacial score (nSPS) is 23.5. The predicted octanol–water partition coefficient (Wildman–Crippen LogP) is -0.212. The number of nitrogens with zero attached hydrogens (tertiary/aromatic N) is 1. The fraction of sp³-hybridized carbons (Fsp3) is 0.900. The molecule has 7 heteroatoms. The molecule has 1 aliphatic heterocycles. The smallest absolute Gasteiger partial charge is 0.227 e. The zero-order valence-electron chi connectivity index (χ0n) is 10.5. The molecular weight excluding hydrogens is 260 g/mol. The van der Waals surface area contributed by atoms with E-state index in [9.17, 15) is 13.2 Å². The Bertz CT molecular complexity index is 370. The van der Waals surface area contributed by atoms with Crippen LogP contribution in [0.4, 0.5) is 0 Å². The first kappa shape index (κ1) is 14.8. The maximum absolute atomic E-state index is 12.2. The number of carbonyl (C=O) groups is 1. The van der Waals surface area contributed by atoms with Crippen LogP contribution < -0.4 is 5.32 Å². The Morgan fingerprint density at radius 2 is 2.24 bits per heavy atom. The fourth-order valence-corrected chi connectivity index (χ4v) is 4.69. The van der Waals surface area contributed by atoms with Gasteiger partial charge in [0.05, 0.1) is 0 Å². The van der Waals surface area contributed by atoms with E-state index in [1.165, 1.54) is 11.2 Å². The molecule has 0 radical (unpaired) electrons. The molecule has 1 fully saturated rings. The van der Waals surface area contributed by atoms with Gasteiger partial charge in [-0.3, -0.25) is 4.79 Å². The van der Waals surface area contributed by atoms with Crippen molar-refractivity contribution < 1.29 is 13.2 Å². The van der Waals surface area contributed by atoms with Crippen LogP contribution in [0.5, 0.6) is 0 Å². The number of hydrogen-bond donors (Lipinski definition) is 1. The van der Waals surface area contributed by atoms with Gasteiger partial charge in [0.2, 0.25) is 5.91 Å². The minimum Gasteiger partial charge on any atom is -0.324 e. The van der Waals surface area contributed by atoms with E-state index in [1.807, 2.05) is 6.92 Å². The van der Waals surface area contributed by atoms with Gasteiger partial charge in [-0.05, 0) is 7.05 Å². The Balaban J connectivity index is 2.81. The van der Waals surface area contributed by atoms with E-state index in [2.05, 4.69) is 5.32 Å². The standard InChI is InChI=1S/C10H20N2O3S2/c1-8(6-11-2)10(13)12-4-5-16-7-9(12)17(3,14)15/h8-9,11H,4-7H2,1-3H3. The fourth-order valence-electron chi connectivity index (χ4n) is 1.86. The molecule has 1 rings (SSSR count). The predicted molar refractivity (Wildman–Crippen MR) is 70.8 cm³/mol. The molecule has 5 nitrogen and oxygen atoms in total.